The van der Waals surface area contributed by atoms with E-state index in [1.54, 1.807) is 12.4 Å². The van der Waals surface area contributed by atoms with Gasteiger partial charge in [0.1, 0.15) is 5.82 Å². The third-order valence-corrected chi connectivity index (χ3v) is 1.20. The molecule has 11 heavy (non-hydrogen) atoms. The summed E-state index contributed by atoms with van der Waals surface area (Å²) in [5.41, 5.74) is 6.30. The van der Waals surface area contributed by atoms with Crippen molar-refractivity contribution in [1.82, 2.24) is 14.9 Å². The van der Waals surface area contributed by atoms with Gasteiger partial charge in [-0.1, -0.05) is 0 Å². The predicted molar refractivity (Wildman–Crippen MR) is 43.8 cm³/mol. The van der Waals surface area contributed by atoms with Gasteiger partial charge in [0.05, 0.1) is 18.1 Å². The van der Waals surface area contributed by atoms with Crippen molar-refractivity contribution in [3.63, 3.8) is 0 Å². The summed E-state index contributed by atoms with van der Waals surface area (Å²) in [5, 5.41) is 0. The first kappa shape index (κ1) is 7.94. The summed E-state index contributed by atoms with van der Waals surface area (Å²) in [6.07, 6.45) is 3.26. The smallest absolute Gasteiger partial charge is 0.141 e. The number of nitrogens with two attached hydrogens (primary N) is 1. The van der Waals surface area contributed by atoms with Crippen LogP contribution >= 0.6 is 0 Å². The van der Waals surface area contributed by atoms with Crippen LogP contribution < -0.4 is 5.73 Å². The maximum Gasteiger partial charge on any atom is 0.141 e. The van der Waals surface area contributed by atoms with Gasteiger partial charge in [-0.3, -0.25) is 4.98 Å². The van der Waals surface area contributed by atoms with Gasteiger partial charge in [0.25, 0.3) is 0 Å². The van der Waals surface area contributed by atoms with E-state index >= 15 is 0 Å². The molecule has 4 nitrogen and oxygen atoms in total. The molecule has 4 heteroatoms. The van der Waals surface area contributed by atoms with Crippen LogP contribution in [-0.2, 0) is 6.54 Å². The van der Waals surface area contributed by atoms with Crippen molar-refractivity contribution < 1.29 is 0 Å². The first-order valence-electron chi connectivity index (χ1n) is 3.39. The fraction of sp³-hybridized carbons (Fsp3) is 0.429. The van der Waals surface area contributed by atoms with Gasteiger partial charge < -0.3 is 10.6 Å². The molecule has 0 fully saturated rings. The van der Waals surface area contributed by atoms with Crippen molar-refractivity contribution in [1.29, 1.82) is 0 Å². The quantitative estimate of drug-likeness (QED) is 0.654. The van der Waals surface area contributed by atoms with Gasteiger partial charge in [-0.25, -0.2) is 4.98 Å². The molecule has 1 aromatic heterocycles. The van der Waals surface area contributed by atoms with E-state index in [-0.39, 0.29) is 0 Å². The molecule has 0 aliphatic carbocycles. The van der Waals surface area contributed by atoms with Gasteiger partial charge >= 0.3 is 0 Å². The summed E-state index contributed by atoms with van der Waals surface area (Å²) >= 11 is 0. The molecule has 0 unspecified atom stereocenters. The highest BCUT2D eigenvalue weighted by atomic mass is 15.1. The Labute approximate surface area is 66.1 Å². The summed E-state index contributed by atoms with van der Waals surface area (Å²) in [4.78, 5) is 10.0. The number of aromatic nitrogens is 2. The van der Waals surface area contributed by atoms with Gasteiger partial charge in [-0.15, -0.1) is 0 Å². The Hall–Kier alpha value is -1.16. The Morgan fingerprint density at radius 1 is 1.36 bits per heavy atom. The molecule has 1 rings (SSSR count). The highest BCUT2D eigenvalue weighted by Gasteiger charge is 1.95. The summed E-state index contributed by atoms with van der Waals surface area (Å²) < 4.78 is 0. The van der Waals surface area contributed by atoms with Gasteiger partial charge in [0.15, 0.2) is 0 Å². The maximum absolute atomic E-state index is 5.37. The van der Waals surface area contributed by atoms with Gasteiger partial charge in [0.2, 0.25) is 0 Å². The summed E-state index contributed by atoms with van der Waals surface area (Å²) in [7, 11) is 3.97. The molecule has 0 aliphatic heterocycles. The Morgan fingerprint density at radius 2 is 2.09 bits per heavy atom. The number of hydrogen-bond acceptors (Lipinski definition) is 4. The largest absolute Gasteiger partial charge is 0.382 e. The highest BCUT2D eigenvalue weighted by molar-refractivity contribution is 5.22. The average Bonchev–Trinajstić information content (AvgIpc) is 1.93. The van der Waals surface area contributed by atoms with Crippen molar-refractivity contribution in [2.24, 2.45) is 0 Å². The number of nitrogen functional groups attached to an aromatic ring is 1. The van der Waals surface area contributed by atoms with E-state index in [0.717, 1.165) is 12.2 Å². The van der Waals surface area contributed by atoms with E-state index < -0.39 is 0 Å². The van der Waals surface area contributed by atoms with E-state index in [9.17, 15) is 0 Å². The zero-order chi connectivity index (χ0) is 8.27. The van der Waals surface area contributed by atoms with Crippen LogP contribution in [-0.4, -0.2) is 29.0 Å². The zero-order valence-corrected chi connectivity index (χ0v) is 6.78. The van der Waals surface area contributed by atoms with Crippen LogP contribution in [0.15, 0.2) is 12.4 Å². The van der Waals surface area contributed by atoms with E-state index in [4.69, 9.17) is 5.73 Å². The lowest BCUT2D eigenvalue weighted by Crippen LogP contribution is -2.12. The Morgan fingerprint density at radius 3 is 2.55 bits per heavy atom. The van der Waals surface area contributed by atoms with E-state index in [1.807, 2.05) is 19.0 Å². The standard InChI is InChI=1S/C7H12N4/c1-11(2)5-6-3-10-7(8)4-9-6/h3-4H,5H2,1-2H3,(H2,8,10). The second kappa shape index (κ2) is 3.30. The normalized spacial score (nSPS) is 10.5. The Balaban J connectivity index is 2.66. The van der Waals surface area contributed by atoms with Gasteiger partial charge in [0, 0.05) is 6.54 Å². The van der Waals surface area contributed by atoms with Crippen LogP contribution in [0, 0.1) is 0 Å². The molecule has 1 aromatic rings. The molecule has 0 saturated heterocycles. The Kier molecular flexibility index (Phi) is 2.38. The molecule has 0 aliphatic rings. The molecule has 0 spiro atoms. The molecule has 0 saturated carbocycles. The molecule has 0 radical (unpaired) electrons. The predicted octanol–water partition coefficient (Wildman–Crippen LogP) is 0.120. The molecule has 0 aromatic carbocycles. The molecule has 1 heterocycles. The van der Waals surface area contributed by atoms with Crippen molar-refractivity contribution in [2.45, 2.75) is 6.54 Å². The molecule has 2 N–H and O–H groups in total. The molecule has 0 atom stereocenters. The van der Waals surface area contributed by atoms with Crippen molar-refractivity contribution >= 4 is 5.82 Å². The lowest BCUT2D eigenvalue weighted by atomic mass is 10.4. The fourth-order valence-corrected chi connectivity index (χ4v) is 0.770. The van der Waals surface area contributed by atoms with E-state index in [2.05, 4.69) is 9.97 Å². The fourth-order valence-electron chi connectivity index (χ4n) is 0.770. The van der Waals surface area contributed by atoms with Crippen LogP contribution in [0.4, 0.5) is 5.82 Å². The minimum atomic E-state index is 0.465. The molecule has 0 amide bonds. The topological polar surface area (TPSA) is 55.0 Å². The second-order valence-corrected chi connectivity index (χ2v) is 2.67. The van der Waals surface area contributed by atoms with E-state index in [1.165, 1.54) is 0 Å². The van der Waals surface area contributed by atoms with Crippen LogP contribution in [0.3, 0.4) is 0 Å². The van der Waals surface area contributed by atoms with Crippen LogP contribution in [0.1, 0.15) is 5.69 Å². The minimum Gasteiger partial charge on any atom is -0.382 e. The zero-order valence-electron chi connectivity index (χ0n) is 6.78. The van der Waals surface area contributed by atoms with Crippen LogP contribution in [0.5, 0.6) is 0 Å². The molecular formula is C7H12N4. The summed E-state index contributed by atoms with van der Waals surface area (Å²) in [6, 6.07) is 0. The van der Waals surface area contributed by atoms with Gasteiger partial charge in [-0.2, -0.15) is 0 Å². The van der Waals surface area contributed by atoms with Gasteiger partial charge in [-0.05, 0) is 14.1 Å². The molecule has 0 bridgehead atoms. The third-order valence-electron chi connectivity index (χ3n) is 1.20. The minimum absolute atomic E-state index is 0.465. The second-order valence-electron chi connectivity index (χ2n) is 2.67. The number of rotatable bonds is 2. The first-order chi connectivity index (χ1) is 5.18. The Bertz CT molecular complexity index is 216. The van der Waals surface area contributed by atoms with Crippen LogP contribution in [0.25, 0.3) is 0 Å². The average molecular weight is 152 g/mol. The third kappa shape index (κ3) is 2.51. The molecular weight excluding hydrogens is 140 g/mol. The number of hydrogen-bond donors (Lipinski definition) is 1. The first-order valence-corrected chi connectivity index (χ1v) is 3.39. The van der Waals surface area contributed by atoms with Crippen molar-refractivity contribution in [3.05, 3.63) is 18.1 Å². The lowest BCUT2D eigenvalue weighted by molar-refractivity contribution is 0.396. The lowest BCUT2D eigenvalue weighted by Gasteiger charge is -2.07. The molecule has 60 valence electrons. The van der Waals surface area contributed by atoms with Crippen molar-refractivity contribution in [2.75, 3.05) is 19.8 Å². The maximum atomic E-state index is 5.37. The van der Waals surface area contributed by atoms with Crippen molar-refractivity contribution in [3.8, 4) is 0 Å². The highest BCUT2D eigenvalue weighted by Crippen LogP contribution is 1.97. The SMILES string of the molecule is CN(C)Cc1cnc(N)cn1. The van der Waals surface area contributed by atoms with E-state index in [0.29, 0.717) is 5.82 Å². The number of nitrogens with zero attached hydrogens (tertiary/aromatic N) is 3. The summed E-state index contributed by atoms with van der Waals surface area (Å²) in [6.45, 7) is 0.799. The number of anilines is 1. The summed E-state index contributed by atoms with van der Waals surface area (Å²) in [5.74, 6) is 0.465. The van der Waals surface area contributed by atoms with Crippen LogP contribution in [0.2, 0.25) is 0 Å². The monoisotopic (exact) mass is 152 g/mol.